The number of aromatic nitrogens is 3. The number of amides is 1. The van der Waals surface area contributed by atoms with Crippen LogP contribution in [0.2, 0.25) is 5.02 Å². The summed E-state index contributed by atoms with van der Waals surface area (Å²) in [6, 6.07) is 10.0. The molecule has 1 N–H and O–H groups in total. The van der Waals surface area contributed by atoms with Crippen molar-refractivity contribution in [3.63, 3.8) is 0 Å². The van der Waals surface area contributed by atoms with E-state index in [2.05, 4.69) is 39.6 Å². The third-order valence-electron chi connectivity index (χ3n) is 4.79. The number of pyridine rings is 1. The van der Waals surface area contributed by atoms with Crippen LogP contribution < -0.4 is 5.32 Å². The second-order valence-electron chi connectivity index (χ2n) is 6.86. The molecular weight excluding hydrogens is 390 g/mol. The van der Waals surface area contributed by atoms with Gasteiger partial charge in [-0.15, -0.1) is 0 Å². The third kappa shape index (κ3) is 4.93. The van der Waals surface area contributed by atoms with E-state index < -0.39 is 0 Å². The summed E-state index contributed by atoms with van der Waals surface area (Å²) in [5.74, 6) is 0.496. The number of benzene rings is 1. The molecule has 4 rings (SSSR count). The van der Waals surface area contributed by atoms with Crippen LogP contribution in [0.4, 0.5) is 5.82 Å². The molecule has 0 radical (unpaired) electrons. The minimum Gasteiger partial charge on any atom is -0.378 e. The number of rotatable bonds is 6. The number of halogens is 1. The topological polar surface area (TPSA) is 72.3 Å². The summed E-state index contributed by atoms with van der Waals surface area (Å²) < 4.78 is 7.31. The Morgan fingerprint density at radius 1 is 1.17 bits per heavy atom. The van der Waals surface area contributed by atoms with Gasteiger partial charge >= 0.3 is 0 Å². The second kappa shape index (κ2) is 9.07. The maximum absolute atomic E-state index is 12.5. The molecule has 0 bridgehead atoms. The van der Waals surface area contributed by atoms with Crippen LogP contribution in [-0.2, 0) is 17.8 Å². The normalized spacial score (nSPS) is 14.0. The van der Waals surface area contributed by atoms with Crippen LogP contribution in [0.25, 0.3) is 0 Å². The summed E-state index contributed by atoms with van der Waals surface area (Å²) in [7, 11) is 0. The van der Waals surface area contributed by atoms with E-state index in [0.29, 0.717) is 49.3 Å². The molecule has 0 atom stereocenters. The van der Waals surface area contributed by atoms with Gasteiger partial charge in [0, 0.05) is 44.8 Å². The van der Waals surface area contributed by atoms with Crippen LogP contribution in [0.1, 0.15) is 21.5 Å². The van der Waals surface area contributed by atoms with E-state index in [1.807, 2.05) is 10.8 Å². The number of hydrogen-bond acceptors (Lipinski definition) is 5. The zero-order chi connectivity index (χ0) is 20.1. The summed E-state index contributed by atoms with van der Waals surface area (Å²) >= 11 is 6.35. The molecular formula is C21H22ClN5O2. The van der Waals surface area contributed by atoms with Gasteiger partial charge in [0.05, 0.1) is 30.1 Å². The number of morpholine rings is 1. The van der Waals surface area contributed by atoms with Gasteiger partial charge in [0.25, 0.3) is 5.91 Å². The highest BCUT2D eigenvalue weighted by Gasteiger charge is 2.19. The summed E-state index contributed by atoms with van der Waals surface area (Å²) in [6.07, 6.45) is 7.09. The molecule has 2 aromatic heterocycles. The maximum atomic E-state index is 12.5. The molecule has 0 unspecified atom stereocenters. The number of hydrogen-bond donors (Lipinski definition) is 1. The first kappa shape index (κ1) is 19.4. The highest BCUT2D eigenvalue weighted by molar-refractivity contribution is 6.33. The first-order valence-electron chi connectivity index (χ1n) is 9.49. The van der Waals surface area contributed by atoms with Gasteiger partial charge in [0.1, 0.15) is 5.82 Å². The number of ether oxygens (including phenoxy) is 1. The van der Waals surface area contributed by atoms with Crippen molar-refractivity contribution in [3.05, 3.63) is 77.0 Å². The van der Waals surface area contributed by atoms with E-state index in [-0.39, 0.29) is 5.91 Å². The maximum Gasteiger partial charge on any atom is 0.255 e. The van der Waals surface area contributed by atoms with E-state index in [9.17, 15) is 4.79 Å². The molecule has 150 valence electrons. The number of anilines is 1. The Bertz CT molecular complexity index is 954. The zero-order valence-electron chi connectivity index (χ0n) is 15.9. The smallest absolute Gasteiger partial charge is 0.255 e. The Hall–Kier alpha value is -2.90. The van der Waals surface area contributed by atoms with Gasteiger partial charge in [-0.1, -0.05) is 35.9 Å². The van der Waals surface area contributed by atoms with Gasteiger partial charge in [-0.25, -0.2) is 9.97 Å². The second-order valence-corrected chi connectivity index (χ2v) is 7.27. The van der Waals surface area contributed by atoms with Gasteiger partial charge in [-0.2, -0.15) is 0 Å². The molecule has 1 aromatic carbocycles. The summed E-state index contributed by atoms with van der Waals surface area (Å²) in [4.78, 5) is 22.7. The SMILES string of the molecule is O=C(c1cnc(NCc2ccc(Cn3ccnc3)cc2)c(Cl)c1)N1CCOCC1. The van der Waals surface area contributed by atoms with Crippen LogP contribution >= 0.6 is 11.6 Å². The largest absolute Gasteiger partial charge is 0.378 e. The highest BCUT2D eigenvalue weighted by atomic mass is 35.5. The number of carbonyl (C=O) groups excluding carboxylic acids is 1. The average Bonchev–Trinajstić information content (AvgIpc) is 3.27. The zero-order valence-corrected chi connectivity index (χ0v) is 16.7. The van der Waals surface area contributed by atoms with Gasteiger partial charge in [0.15, 0.2) is 0 Å². The third-order valence-corrected chi connectivity index (χ3v) is 5.08. The predicted octanol–water partition coefficient (Wildman–Crippen LogP) is 3.06. The predicted molar refractivity (Wildman–Crippen MR) is 111 cm³/mol. The lowest BCUT2D eigenvalue weighted by molar-refractivity contribution is 0.0302. The minimum absolute atomic E-state index is 0.0669. The van der Waals surface area contributed by atoms with Crippen LogP contribution in [0.5, 0.6) is 0 Å². The van der Waals surface area contributed by atoms with Crippen molar-refractivity contribution in [2.75, 3.05) is 31.6 Å². The molecule has 29 heavy (non-hydrogen) atoms. The quantitative estimate of drug-likeness (QED) is 0.675. The molecule has 7 nitrogen and oxygen atoms in total. The Kier molecular flexibility index (Phi) is 6.07. The lowest BCUT2D eigenvalue weighted by Crippen LogP contribution is -2.40. The molecule has 0 spiro atoms. The van der Waals surface area contributed by atoms with Crippen molar-refractivity contribution >= 4 is 23.3 Å². The van der Waals surface area contributed by atoms with Crippen molar-refractivity contribution < 1.29 is 9.53 Å². The van der Waals surface area contributed by atoms with Crippen molar-refractivity contribution in [1.82, 2.24) is 19.4 Å². The molecule has 0 aliphatic carbocycles. The fraction of sp³-hybridized carbons (Fsp3) is 0.286. The first-order valence-corrected chi connectivity index (χ1v) is 9.87. The van der Waals surface area contributed by atoms with Gasteiger partial charge in [0.2, 0.25) is 0 Å². The molecule has 1 saturated heterocycles. The van der Waals surface area contributed by atoms with Gasteiger partial charge in [-0.3, -0.25) is 4.79 Å². The number of nitrogens with zero attached hydrogens (tertiary/aromatic N) is 4. The van der Waals surface area contributed by atoms with Gasteiger partial charge in [-0.05, 0) is 17.2 Å². The molecule has 3 aromatic rings. The average molecular weight is 412 g/mol. The van der Waals surface area contributed by atoms with E-state index in [4.69, 9.17) is 16.3 Å². The number of imidazole rings is 1. The van der Waals surface area contributed by atoms with E-state index in [1.54, 1.807) is 29.7 Å². The molecule has 1 aliphatic rings. The van der Waals surface area contributed by atoms with Crippen molar-refractivity contribution in [3.8, 4) is 0 Å². The van der Waals surface area contributed by atoms with Crippen molar-refractivity contribution in [1.29, 1.82) is 0 Å². The van der Waals surface area contributed by atoms with E-state index in [0.717, 1.165) is 12.1 Å². The first-order chi connectivity index (χ1) is 14.2. The Morgan fingerprint density at radius 3 is 2.62 bits per heavy atom. The Labute approximate surface area is 174 Å². The lowest BCUT2D eigenvalue weighted by atomic mass is 10.1. The minimum atomic E-state index is -0.0669. The number of carbonyl (C=O) groups is 1. The van der Waals surface area contributed by atoms with Crippen LogP contribution in [0.15, 0.2) is 55.2 Å². The summed E-state index contributed by atoms with van der Waals surface area (Å²) in [5, 5.41) is 3.67. The molecule has 1 fully saturated rings. The molecule has 3 heterocycles. The lowest BCUT2D eigenvalue weighted by Gasteiger charge is -2.26. The van der Waals surface area contributed by atoms with Gasteiger partial charge < -0.3 is 19.5 Å². The van der Waals surface area contributed by atoms with E-state index >= 15 is 0 Å². The standard InChI is InChI=1S/C21H22ClN5O2/c22-19-11-18(21(28)27-7-9-29-10-8-27)13-25-20(19)24-12-16-1-3-17(4-2-16)14-26-6-5-23-15-26/h1-6,11,13,15H,7-10,12,14H2,(H,24,25). The summed E-state index contributed by atoms with van der Waals surface area (Å²) in [5.41, 5.74) is 2.81. The fourth-order valence-corrected chi connectivity index (χ4v) is 3.41. The van der Waals surface area contributed by atoms with Crippen LogP contribution in [0, 0.1) is 0 Å². The number of nitrogens with one attached hydrogen (secondary N) is 1. The van der Waals surface area contributed by atoms with Crippen LogP contribution in [0.3, 0.4) is 0 Å². The van der Waals surface area contributed by atoms with E-state index in [1.165, 1.54) is 5.56 Å². The highest BCUT2D eigenvalue weighted by Crippen LogP contribution is 2.22. The fourth-order valence-electron chi connectivity index (χ4n) is 3.17. The van der Waals surface area contributed by atoms with Crippen LogP contribution in [-0.4, -0.2) is 51.6 Å². The molecule has 1 amide bonds. The molecule has 1 aliphatic heterocycles. The molecule has 8 heteroatoms. The van der Waals surface area contributed by atoms with Crippen molar-refractivity contribution in [2.24, 2.45) is 0 Å². The summed E-state index contributed by atoms with van der Waals surface area (Å²) in [6.45, 7) is 3.69. The Balaban J connectivity index is 1.35. The van der Waals surface area contributed by atoms with Crippen molar-refractivity contribution in [2.45, 2.75) is 13.1 Å². The Morgan fingerprint density at radius 2 is 1.93 bits per heavy atom. The molecule has 0 saturated carbocycles. The monoisotopic (exact) mass is 411 g/mol.